The summed E-state index contributed by atoms with van der Waals surface area (Å²) in [6.45, 7) is 2.69. The van der Waals surface area contributed by atoms with Crippen LogP contribution in [0.15, 0.2) is 6.20 Å². The molecule has 1 N–H and O–H groups in total. The molecule has 0 radical (unpaired) electrons. The van der Waals surface area contributed by atoms with Gasteiger partial charge in [0.1, 0.15) is 0 Å². The first-order chi connectivity index (χ1) is 13.7. The number of aromatic amines is 1. The minimum absolute atomic E-state index is 0.0319. The number of carbonyl (C=O) groups is 1. The minimum atomic E-state index is -0.0319. The Morgan fingerprint density at radius 2 is 2.04 bits per heavy atom. The Morgan fingerprint density at radius 3 is 2.96 bits per heavy atom. The normalized spacial score (nSPS) is 22.6. The van der Waals surface area contributed by atoms with Gasteiger partial charge >= 0.3 is 0 Å². The second-order valence-electron chi connectivity index (χ2n) is 8.43. The number of H-pyrrole nitrogens is 1. The van der Waals surface area contributed by atoms with E-state index in [0.29, 0.717) is 5.69 Å². The van der Waals surface area contributed by atoms with Crippen molar-refractivity contribution in [2.45, 2.75) is 64.0 Å². The van der Waals surface area contributed by atoms with Gasteiger partial charge in [0.2, 0.25) is 0 Å². The summed E-state index contributed by atoms with van der Waals surface area (Å²) in [5.41, 5.74) is 5.29. The van der Waals surface area contributed by atoms with Crippen molar-refractivity contribution >= 4 is 5.91 Å². The summed E-state index contributed by atoms with van der Waals surface area (Å²) < 4.78 is 0. The van der Waals surface area contributed by atoms with E-state index in [4.69, 9.17) is 4.98 Å². The largest absolute Gasteiger partial charge is 0.327 e. The molecule has 1 fully saturated rings. The number of nitrogens with zero attached hydrogens (tertiary/aromatic N) is 5. The van der Waals surface area contributed by atoms with E-state index in [1.807, 2.05) is 11.1 Å². The number of carbonyl (C=O) groups excluding carboxylic acids is 1. The molecular weight excluding hydrogens is 352 g/mol. The molecule has 2 aromatic heterocycles. The number of fused-ring (bicyclic) bond motifs is 2. The summed E-state index contributed by atoms with van der Waals surface area (Å²) in [6.07, 6.45) is 10.3. The molecule has 28 heavy (non-hydrogen) atoms. The van der Waals surface area contributed by atoms with Gasteiger partial charge in [0, 0.05) is 54.8 Å². The lowest BCUT2D eigenvalue weighted by Gasteiger charge is -2.27. The highest BCUT2D eigenvalue weighted by atomic mass is 16.2. The molecule has 3 aliphatic rings. The lowest BCUT2D eigenvalue weighted by Crippen LogP contribution is -2.33. The molecule has 1 saturated heterocycles. The summed E-state index contributed by atoms with van der Waals surface area (Å²) in [7, 11) is 2.13. The van der Waals surface area contributed by atoms with Crippen LogP contribution in [0.1, 0.15) is 77.0 Å². The Balaban J connectivity index is 1.42. The van der Waals surface area contributed by atoms with E-state index in [-0.39, 0.29) is 11.9 Å². The average Bonchev–Trinajstić information content (AvgIpc) is 3.29. The van der Waals surface area contributed by atoms with Gasteiger partial charge in [-0.3, -0.25) is 9.89 Å². The smallest absolute Gasteiger partial charge is 0.275 e. The van der Waals surface area contributed by atoms with Crippen LogP contribution in [0.3, 0.4) is 0 Å². The van der Waals surface area contributed by atoms with E-state index in [9.17, 15) is 4.79 Å². The van der Waals surface area contributed by atoms with Crippen LogP contribution < -0.4 is 0 Å². The lowest BCUT2D eigenvalue weighted by molar-refractivity contribution is 0.0722. The molecule has 1 amide bonds. The molecule has 1 aliphatic carbocycles. The van der Waals surface area contributed by atoms with Crippen molar-refractivity contribution in [1.29, 1.82) is 0 Å². The van der Waals surface area contributed by atoms with Crippen LogP contribution in [0.4, 0.5) is 0 Å². The molecule has 0 bridgehead atoms. The number of hydrogen-bond donors (Lipinski definition) is 1. The molecule has 2 aromatic rings. The SMILES string of the molecule is CN1CCc2nc([C@H]3CCCN3C(=O)c3n[nH]c4c3CCCCC4)ncc2C1. The Kier molecular flexibility index (Phi) is 4.62. The molecule has 148 valence electrons. The van der Waals surface area contributed by atoms with Crippen LogP contribution in [-0.4, -0.2) is 56.0 Å². The van der Waals surface area contributed by atoms with E-state index in [1.54, 1.807) is 0 Å². The van der Waals surface area contributed by atoms with E-state index < -0.39 is 0 Å². The summed E-state index contributed by atoms with van der Waals surface area (Å²) in [6, 6.07) is -0.0319. The van der Waals surface area contributed by atoms with Gasteiger partial charge in [-0.15, -0.1) is 0 Å². The zero-order chi connectivity index (χ0) is 19.1. The van der Waals surface area contributed by atoms with E-state index in [1.165, 1.54) is 18.4 Å². The predicted octanol–water partition coefficient (Wildman–Crippen LogP) is 2.43. The van der Waals surface area contributed by atoms with Crippen LogP contribution >= 0.6 is 0 Å². The summed E-state index contributed by atoms with van der Waals surface area (Å²) in [5.74, 6) is 0.846. The van der Waals surface area contributed by atoms with Crippen LogP contribution in [0.2, 0.25) is 0 Å². The van der Waals surface area contributed by atoms with Crippen LogP contribution in [0.5, 0.6) is 0 Å². The number of likely N-dealkylation sites (tertiary alicyclic amines) is 1. The Morgan fingerprint density at radius 1 is 1.14 bits per heavy atom. The van der Waals surface area contributed by atoms with E-state index in [2.05, 4.69) is 27.1 Å². The standard InChI is InChI=1S/C21H28N6O/c1-26-11-9-16-14(13-26)12-22-20(23-16)18-8-5-10-27(18)21(28)19-15-6-3-2-4-7-17(15)24-25-19/h12,18H,2-11,13H2,1H3,(H,24,25)/t18-/m1/s1. The lowest BCUT2D eigenvalue weighted by atomic mass is 10.1. The molecular formula is C21H28N6O. The first-order valence-corrected chi connectivity index (χ1v) is 10.6. The van der Waals surface area contributed by atoms with Gasteiger partial charge in [0.15, 0.2) is 11.5 Å². The third kappa shape index (κ3) is 3.11. The van der Waals surface area contributed by atoms with Crippen LogP contribution in [0, 0.1) is 0 Å². The summed E-state index contributed by atoms with van der Waals surface area (Å²) >= 11 is 0. The maximum absolute atomic E-state index is 13.4. The Bertz CT molecular complexity index is 891. The molecule has 4 heterocycles. The zero-order valence-corrected chi connectivity index (χ0v) is 16.6. The number of likely N-dealkylation sites (N-methyl/N-ethyl adjacent to an activating group) is 1. The first-order valence-electron chi connectivity index (χ1n) is 10.6. The fraction of sp³-hybridized carbons (Fsp3) is 0.619. The fourth-order valence-electron chi connectivity index (χ4n) is 4.88. The minimum Gasteiger partial charge on any atom is -0.327 e. The third-order valence-electron chi connectivity index (χ3n) is 6.46. The maximum Gasteiger partial charge on any atom is 0.275 e. The highest BCUT2D eigenvalue weighted by Crippen LogP contribution is 2.33. The Hall–Kier alpha value is -2.28. The molecule has 0 aromatic carbocycles. The van der Waals surface area contributed by atoms with Crippen molar-refractivity contribution in [1.82, 2.24) is 30.0 Å². The Labute approximate surface area is 165 Å². The van der Waals surface area contributed by atoms with Crippen molar-refractivity contribution in [3.63, 3.8) is 0 Å². The van der Waals surface area contributed by atoms with Crippen molar-refractivity contribution in [3.05, 3.63) is 40.2 Å². The van der Waals surface area contributed by atoms with Gasteiger partial charge in [-0.05, 0) is 45.6 Å². The van der Waals surface area contributed by atoms with Gasteiger partial charge in [-0.2, -0.15) is 5.10 Å². The second-order valence-corrected chi connectivity index (χ2v) is 8.43. The van der Waals surface area contributed by atoms with Gasteiger partial charge in [0.25, 0.3) is 5.91 Å². The highest BCUT2D eigenvalue weighted by Gasteiger charge is 2.35. The van der Waals surface area contributed by atoms with Crippen molar-refractivity contribution in [2.24, 2.45) is 0 Å². The van der Waals surface area contributed by atoms with Crippen LogP contribution in [-0.2, 0) is 25.8 Å². The number of aryl methyl sites for hydroxylation is 1. The molecule has 1 atom stereocenters. The molecule has 0 unspecified atom stereocenters. The number of hydrogen-bond acceptors (Lipinski definition) is 5. The topological polar surface area (TPSA) is 78.0 Å². The number of amides is 1. The second kappa shape index (κ2) is 7.28. The number of rotatable bonds is 2. The van der Waals surface area contributed by atoms with Crippen molar-refractivity contribution in [3.8, 4) is 0 Å². The van der Waals surface area contributed by atoms with Gasteiger partial charge in [-0.25, -0.2) is 9.97 Å². The maximum atomic E-state index is 13.4. The molecule has 2 aliphatic heterocycles. The van der Waals surface area contributed by atoms with Crippen LogP contribution in [0.25, 0.3) is 0 Å². The van der Waals surface area contributed by atoms with Crippen molar-refractivity contribution < 1.29 is 4.79 Å². The fourth-order valence-corrected chi connectivity index (χ4v) is 4.88. The van der Waals surface area contributed by atoms with Gasteiger partial charge in [-0.1, -0.05) is 6.42 Å². The predicted molar refractivity (Wildman–Crippen MR) is 105 cm³/mol. The van der Waals surface area contributed by atoms with Gasteiger partial charge in [0.05, 0.1) is 6.04 Å². The highest BCUT2D eigenvalue weighted by molar-refractivity contribution is 5.94. The molecule has 5 rings (SSSR count). The number of aromatic nitrogens is 4. The van der Waals surface area contributed by atoms with Gasteiger partial charge < -0.3 is 9.80 Å². The zero-order valence-electron chi connectivity index (χ0n) is 16.6. The summed E-state index contributed by atoms with van der Waals surface area (Å²) in [4.78, 5) is 27.2. The quantitative estimate of drug-likeness (QED) is 0.810. The van der Waals surface area contributed by atoms with E-state index in [0.717, 1.165) is 80.9 Å². The third-order valence-corrected chi connectivity index (χ3v) is 6.46. The monoisotopic (exact) mass is 380 g/mol. The first kappa shape index (κ1) is 17.8. The van der Waals surface area contributed by atoms with E-state index >= 15 is 0 Å². The molecule has 7 nitrogen and oxygen atoms in total. The molecule has 0 spiro atoms. The summed E-state index contributed by atoms with van der Waals surface area (Å²) in [5, 5.41) is 7.56. The molecule has 0 saturated carbocycles. The van der Waals surface area contributed by atoms with Crippen molar-refractivity contribution in [2.75, 3.05) is 20.1 Å². The molecule has 7 heteroatoms. The number of nitrogens with one attached hydrogen (secondary N) is 1. The average molecular weight is 380 g/mol.